The predicted molar refractivity (Wildman–Crippen MR) is 79.5 cm³/mol. The van der Waals surface area contributed by atoms with Crippen LogP contribution in [0.2, 0.25) is 5.02 Å². The molecule has 1 aromatic rings. The summed E-state index contributed by atoms with van der Waals surface area (Å²) in [6.45, 7) is 1.59. The van der Waals surface area contributed by atoms with Gasteiger partial charge in [-0.2, -0.15) is 4.31 Å². The van der Waals surface area contributed by atoms with E-state index in [1.54, 1.807) is 7.05 Å². The Hall–Kier alpha value is -0.400. The van der Waals surface area contributed by atoms with Crippen molar-refractivity contribution in [1.29, 1.82) is 0 Å². The van der Waals surface area contributed by atoms with E-state index < -0.39 is 15.8 Å². The first-order chi connectivity index (χ1) is 8.93. The molecule has 4 nitrogen and oxygen atoms in total. The van der Waals surface area contributed by atoms with Crippen LogP contribution >= 0.6 is 24.0 Å². The molecule has 0 aromatic heterocycles. The summed E-state index contributed by atoms with van der Waals surface area (Å²) in [5.41, 5.74) is 0. The van der Waals surface area contributed by atoms with E-state index in [2.05, 4.69) is 5.32 Å². The lowest BCUT2D eigenvalue weighted by Gasteiger charge is -2.31. The Bertz CT molecular complexity index is 563. The first-order valence-electron chi connectivity index (χ1n) is 6.07. The predicted octanol–water partition coefficient (Wildman–Crippen LogP) is 2.27. The van der Waals surface area contributed by atoms with Crippen molar-refractivity contribution in [2.45, 2.75) is 23.8 Å². The number of rotatable bonds is 3. The Labute approximate surface area is 129 Å². The van der Waals surface area contributed by atoms with Gasteiger partial charge in [0, 0.05) is 13.1 Å². The number of halogens is 3. The van der Waals surface area contributed by atoms with Crippen LogP contribution in [-0.2, 0) is 10.0 Å². The lowest BCUT2D eigenvalue weighted by atomic mass is 10.1. The highest BCUT2D eigenvalue weighted by molar-refractivity contribution is 7.89. The standard InChI is InChI=1S/C12H16ClFN2O2S.ClH/c1-16(10-4-6-15-7-5-10)19(17,18)12-3-2-9(14)8-11(12)13;/h2-3,8,10,15H,4-7H2,1H3;1H. The highest BCUT2D eigenvalue weighted by Crippen LogP contribution is 2.27. The van der Waals surface area contributed by atoms with Gasteiger partial charge in [-0.05, 0) is 44.1 Å². The monoisotopic (exact) mass is 342 g/mol. The Morgan fingerprint density at radius 1 is 1.35 bits per heavy atom. The molecule has 0 atom stereocenters. The number of hydrogen-bond donors (Lipinski definition) is 1. The molecule has 1 N–H and O–H groups in total. The van der Waals surface area contributed by atoms with Crippen molar-refractivity contribution in [2.75, 3.05) is 20.1 Å². The van der Waals surface area contributed by atoms with Crippen LogP contribution in [0.25, 0.3) is 0 Å². The van der Waals surface area contributed by atoms with Gasteiger partial charge in [0.05, 0.1) is 5.02 Å². The van der Waals surface area contributed by atoms with E-state index >= 15 is 0 Å². The van der Waals surface area contributed by atoms with Gasteiger partial charge in [0.2, 0.25) is 10.0 Å². The second kappa shape index (κ2) is 7.04. The van der Waals surface area contributed by atoms with E-state index in [1.807, 2.05) is 0 Å². The molecular weight excluding hydrogens is 326 g/mol. The zero-order chi connectivity index (χ0) is 14.0. The summed E-state index contributed by atoms with van der Waals surface area (Å²) >= 11 is 5.84. The van der Waals surface area contributed by atoms with Crippen LogP contribution < -0.4 is 5.32 Å². The van der Waals surface area contributed by atoms with Crippen molar-refractivity contribution >= 4 is 34.0 Å². The fraction of sp³-hybridized carbons (Fsp3) is 0.500. The maximum atomic E-state index is 13.0. The summed E-state index contributed by atoms with van der Waals surface area (Å²) in [7, 11) is -2.13. The van der Waals surface area contributed by atoms with Gasteiger partial charge in [-0.3, -0.25) is 0 Å². The Balaban J connectivity index is 0.00000200. The number of piperidine rings is 1. The first-order valence-corrected chi connectivity index (χ1v) is 7.88. The normalized spacial score (nSPS) is 17.0. The molecule has 1 fully saturated rings. The molecule has 1 aliphatic rings. The molecular formula is C12H17Cl2FN2O2S. The molecule has 20 heavy (non-hydrogen) atoms. The quantitative estimate of drug-likeness (QED) is 0.916. The maximum Gasteiger partial charge on any atom is 0.244 e. The minimum atomic E-state index is -3.68. The first kappa shape index (κ1) is 17.7. The van der Waals surface area contributed by atoms with Gasteiger partial charge in [0.25, 0.3) is 0 Å². The van der Waals surface area contributed by atoms with Crippen LogP contribution in [0.5, 0.6) is 0 Å². The molecule has 0 spiro atoms. The Kier molecular flexibility index (Phi) is 6.22. The lowest BCUT2D eigenvalue weighted by molar-refractivity contribution is 0.296. The average molecular weight is 343 g/mol. The van der Waals surface area contributed by atoms with Crippen LogP contribution in [0.1, 0.15) is 12.8 Å². The minimum absolute atomic E-state index is 0. The smallest absolute Gasteiger partial charge is 0.244 e. The van der Waals surface area contributed by atoms with Crippen LogP contribution in [0.4, 0.5) is 4.39 Å². The molecule has 1 heterocycles. The summed E-state index contributed by atoms with van der Waals surface area (Å²) in [4.78, 5) is -0.0448. The number of nitrogens with one attached hydrogen (secondary N) is 1. The third kappa shape index (κ3) is 3.62. The highest BCUT2D eigenvalue weighted by atomic mass is 35.5. The van der Waals surface area contributed by atoms with Crippen molar-refractivity contribution in [3.05, 3.63) is 29.0 Å². The molecule has 0 bridgehead atoms. The molecule has 2 rings (SSSR count). The van der Waals surface area contributed by atoms with Crippen molar-refractivity contribution in [3.63, 3.8) is 0 Å². The van der Waals surface area contributed by atoms with E-state index in [4.69, 9.17) is 11.6 Å². The SMILES string of the molecule is CN(C1CCNCC1)S(=O)(=O)c1ccc(F)cc1Cl.Cl. The van der Waals surface area contributed by atoms with Gasteiger partial charge < -0.3 is 5.32 Å². The molecule has 1 saturated heterocycles. The fourth-order valence-electron chi connectivity index (χ4n) is 2.21. The second-order valence-electron chi connectivity index (χ2n) is 4.58. The number of sulfonamides is 1. The van der Waals surface area contributed by atoms with Crippen molar-refractivity contribution < 1.29 is 12.8 Å². The second-order valence-corrected chi connectivity index (χ2v) is 6.95. The molecule has 0 saturated carbocycles. The van der Waals surface area contributed by atoms with Crippen LogP contribution in [0, 0.1) is 5.82 Å². The Morgan fingerprint density at radius 3 is 2.50 bits per heavy atom. The Morgan fingerprint density at radius 2 is 1.95 bits per heavy atom. The molecule has 1 aliphatic heterocycles. The topological polar surface area (TPSA) is 49.4 Å². The lowest BCUT2D eigenvalue weighted by Crippen LogP contribution is -2.43. The van der Waals surface area contributed by atoms with Crippen molar-refractivity contribution in [1.82, 2.24) is 9.62 Å². The average Bonchev–Trinajstić information content (AvgIpc) is 2.38. The van der Waals surface area contributed by atoms with E-state index in [9.17, 15) is 12.8 Å². The summed E-state index contributed by atoms with van der Waals surface area (Å²) in [6.07, 6.45) is 1.52. The summed E-state index contributed by atoms with van der Waals surface area (Å²) in [6, 6.07) is 3.29. The molecule has 114 valence electrons. The summed E-state index contributed by atoms with van der Waals surface area (Å²) in [5.74, 6) is -0.548. The molecule has 0 aliphatic carbocycles. The fourth-order valence-corrected chi connectivity index (χ4v) is 4.12. The maximum absolute atomic E-state index is 13.0. The third-order valence-corrected chi connectivity index (χ3v) is 5.77. The largest absolute Gasteiger partial charge is 0.317 e. The number of nitrogens with zero attached hydrogens (tertiary/aromatic N) is 1. The highest BCUT2D eigenvalue weighted by Gasteiger charge is 2.30. The number of benzene rings is 1. The summed E-state index contributed by atoms with van der Waals surface area (Å²) < 4.78 is 39.3. The molecule has 0 amide bonds. The van der Waals surface area contributed by atoms with Gasteiger partial charge in [-0.15, -0.1) is 12.4 Å². The van der Waals surface area contributed by atoms with Crippen molar-refractivity contribution in [3.8, 4) is 0 Å². The van der Waals surface area contributed by atoms with Gasteiger partial charge in [-0.1, -0.05) is 11.6 Å². The van der Waals surface area contributed by atoms with Crippen LogP contribution in [0.3, 0.4) is 0 Å². The van der Waals surface area contributed by atoms with E-state index in [1.165, 1.54) is 10.4 Å². The number of hydrogen-bond acceptors (Lipinski definition) is 3. The van der Waals surface area contributed by atoms with E-state index in [0.717, 1.165) is 38.1 Å². The van der Waals surface area contributed by atoms with E-state index in [0.29, 0.717) is 0 Å². The van der Waals surface area contributed by atoms with Crippen molar-refractivity contribution in [2.24, 2.45) is 0 Å². The molecule has 1 aromatic carbocycles. The van der Waals surface area contributed by atoms with E-state index in [-0.39, 0.29) is 28.4 Å². The van der Waals surface area contributed by atoms with Crippen LogP contribution in [-0.4, -0.2) is 38.9 Å². The van der Waals surface area contributed by atoms with Gasteiger partial charge in [0.1, 0.15) is 10.7 Å². The van der Waals surface area contributed by atoms with Gasteiger partial charge >= 0.3 is 0 Å². The zero-order valence-corrected chi connectivity index (χ0v) is 13.4. The summed E-state index contributed by atoms with van der Waals surface area (Å²) in [5, 5.41) is 3.10. The van der Waals surface area contributed by atoms with Gasteiger partial charge in [0.15, 0.2) is 0 Å². The zero-order valence-electron chi connectivity index (χ0n) is 11.0. The van der Waals surface area contributed by atoms with Gasteiger partial charge in [-0.25, -0.2) is 12.8 Å². The van der Waals surface area contributed by atoms with Crippen LogP contribution in [0.15, 0.2) is 23.1 Å². The third-order valence-electron chi connectivity index (χ3n) is 3.37. The molecule has 0 unspecified atom stereocenters. The minimum Gasteiger partial charge on any atom is -0.317 e. The molecule has 0 radical (unpaired) electrons. The molecule has 8 heteroatoms.